The van der Waals surface area contributed by atoms with Gasteiger partial charge in [-0.1, -0.05) is 24.8 Å². The molecule has 3 nitrogen and oxygen atoms in total. The maximum atomic E-state index is 11.6. The lowest BCUT2D eigenvalue weighted by Gasteiger charge is -2.13. The Morgan fingerprint density at radius 3 is 2.31 bits per heavy atom. The third-order valence-corrected chi connectivity index (χ3v) is 3.45. The molecule has 4 heteroatoms. The van der Waals surface area contributed by atoms with E-state index >= 15 is 0 Å². The molecule has 13 heavy (non-hydrogen) atoms. The molecule has 0 aliphatic rings. The SMILES string of the molecule is C=CN(C)S(=O)(=O)c1ccccc1. The average Bonchev–Trinajstić information content (AvgIpc) is 2.18. The molecule has 0 aliphatic heterocycles. The van der Waals surface area contributed by atoms with Gasteiger partial charge in [-0.2, -0.15) is 0 Å². The van der Waals surface area contributed by atoms with Crippen LogP contribution in [0.4, 0.5) is 0 Å². The predicted octanol–water partition coefficient (Wildman–Crippen LogP) is 1.45. The van der Waals surface area contributed by atoms with Crippen molar-refractivity contribution in [2.75, 3.05) is 7.05 Å². The summed E-state index contributed by atoms with van der Waals surface area (Å²) in [7, 11) is -1.92. The summed E-state index contributed by atoms with van der Waals surface area (Å²) in [4.78, 5) is 0.275. The molecule has 0 unspecified atom stereocenters. The van der Waals surface area contributed by atoms with Crippen LogP contribution in [-0.4, -0.2) is 19.8 Å². The second-order valence-corrected chi connectivity index (χ2v) is 4.51. The Kier molecular flexibility index (Phi) is 2.72. The lowest BCUT2D eigenvalue weighted by atomic mass is 10.4. The maximum Gasteiger partial charge on any atom is 0.263 e. The third kappa shape index (κ3) is 1.89. The van der Waals surface area contributed by atoms with Gasteiger partial charge >= 0.3 is 0 Å². The number of rotatable bonds is 3. The van der Waals surface area contributed by atoms with Gasteiger partial charge in [0.2, 0.25) is 0 Å². The molecule has 0 radical (unpaired) electrons. The van der Waals surface area contributed by atoms with Crippen molar-refractivity contribution >= 4 is 10.0 Å². The topological polar surface area (TPSA) is 37.4 Å². The molecule has 0 spiro atoms. The van der Waals surface area contributed by atoms with Crippen molar-refractivity contribution in [3.63, 3.8) is 0 Å². The zero-order chi connectivity index (χ0) is 9.90. The fraction of sp³-hybridized carbons (Fsp3) is 0.111. The van der Waals surface area contributed by atoms with Gasteiger partial charge in [-0.05, 0) is 12.1 Å². The van der Waals surface area contributed by atoms with E-state index in [1.165, 1.54) is 13.2 Å². The van der Waals surface area contributed by atoms with Crippen molar-refractivity contribution in [3.05, 3.63) is 43.1 Å². The van der Waals surface area contributed by atoms with Gasteiger partial charge < -0.3 is 0 Å². The summed E-state index contributed by atoms with van der Waals surface area (Å²) in [5.41, 5.74) is 0. The number of sulfonamides is 1. The molecule has 1 rings (SSSR count). The first kappa shape index (κ1) is 9.80. The molecule has 0 aromatic heterocycles. The Balaban J connectivity index is 3.16. The summed E-state index contributed by atoms with van der Waals surface area (Å²) >= 11 is 0. The number of nitrogens with zero attached hydrogens (tertiary/aromatic N) is 1. The van der Waals surface area contributed by atoms with Gasteiger partial charge in [0.05, 0.1) is 4.90 Å². The predicted molar refractivity (Wildman–Crippen MR) is 51.6 cm³/mol. The van der Waals surface area contributed by atoms with Crippen LogP contribution in [0.5, 0.6) is 0 Å². The van der Waals surface area contributed by atoms with Gasteiger partial charge in [0.25, 0.3) is 10.0 Å². The highest BCUT2D eigenvalue weighted by atomic mass is 32.2. The molecule has 0 fully saturated rings. The van der Waals surface area contributed by atoms with Crippen molar-refractivity contribution in [2.45, 2.75) is 4.90 Å². The minimum atomic E-state index is -3.37. The Hall–Kier alpha value is -1.29. The molecule has 0 saturated heterocycles. The summed E-state index contributed by atoms with van der Waals surface area (Å²) in [5, 5.41) is 0. The first-order chi connectivity index (χ1) is 6.09. The minimum Gasteiger partial charge on any atom is -0.277 e. The van der Waals surface area contributed by atoms with E-state index in [4.69, 9.17) is 0 Å². The summed E-state index contributed by atoms with van der Waals surface area (Å²) in [6, 6.07) is 8.24. The number of hydrogen-bond acceptors (Lipinski definition) is 2. The van der Waals surface area contributed by atoms with Crippen molar-refractivity contribution in [1.29, 1.82) is 0 Å². The van der Waals surface area contributed by atoms with E-state index in [2.05, 4.69) is 6.58 Å². The minimum absolute atomic E-state index is 0.275. The van der Waals surface area contributed by atoms with Crippen LogP contribution in [0.15, 0.2) is 48.0 Å². The highest BCUT2D eigenvalue weighted by Gasteiger charge is 2.15. The first-order valence-corrected chi connectivity index (χ1v) is 5.18. The van der Waals surface area contributed by atoms with Gasteiger partial charge in [-0.3, -0.25) is 4.31 Å². The maximum absolute atomic E-state index is 11.6. The normalized spacial score (nSPS) is 10.8. The molecule has 0 amide bonds. The molecule has 70 valence electrons. The van der Waals surface area contributed by atoms with E-state index in [0.717, 1.165) is 4.31 Å². The van der Waals surface area contributed by atoms with Crippen LogP contribution in [0, 0.1) is 0 Å². The van der Waals surface area contributed by atoms with E-state index in [-0.39, 0.29) is 4.90 Å². The van der Waals surface area contributed by atoms with E-state index < -0.39 is 10.0 Å². The Bertz CT molecular complexity index is 383. The van der Waals surface area contributed by atoms with Crippen molar-refractivity contribution in [3.8, 4) is 0 Å². The Morgan fingerprint density at radius 2 is 1.85 bits per heavy atom. The fourth-order valence-electron chi connectivity index (χ4n) is 0.857. The summed E-state index contributed by atoms with van der Waals surface area (Å²) in [6.07, 6.45) is 1.27. The monoisotopic (exact) mass is 197 g/mol. The van der Waals surface area contributed by atoms with E-state index in [1.54, 1.807) is 30.3 Å². The molecular formula is C9H11NO2S. The zero-order valence-corrected chi connectivity index (χ0v) is 8.16. The second kappa shape index (κ2) is 3.62. The van der Waals surface area contributed by atoms with Crippen molar-refractivity contribution in [2.24, 2.45) is 0 Å². The fourth-order valence-corrected chi connectivity index (χ4v) is 1.89. The van der Waals surface area contributed by atoms with E-state index in [1.807, 2.05) is 0 Å². The Labute approximate surface area is 78.4 Å². The smallest absolute Gasteiger partial charge is 0.263 e. The zero-order valence-electron chi connectivity index (χ0n) is 7.34. The summed E-state index contributed by atoms with van der Waals surface area (Å²) in [6.45, 7) is 3.40. The third-order valence-electron chi connectivity index (χ3n) is 1.68. The molecule has 1 aromatic rings. The lowest BCUT2D eigenvalue weighted by molar-refractivity contribution is 0.539. The molecule has 0 bridgehead atoms. The second-order valence-electron chi connectivity index (χ2n) is 2.52. The molecule has 0 N–H and O–H groups in total. The van der Waals surface area contributed by atoms with Crippen LogP contribution in [0.3, 0.4) is 0 Å². The Morgan fingerprint density at radius 1 is 1.31 bits per heavy atom. The number of hydrogen-bond donors (Lipinski definition) is 0. The molecular weight excluding hydrogens is 186 g/mol. The largest absolute Gasteiger partial charge is 0.277 e. The average molecular weight is 197 g/mol. The molecule has 0 heterocycles. The van der Waals surface area contributed by atoms with Crippen LogP contribution in [0.25, 0.3) is 0 Å². The van der Waals surface area contributed by atoms with E-state index in [0.29, 0.717) is 0 Å². The highest BCUT2D eigenvalue weighted by molar-refractivity contribution is 7.89. The van der Waals surface area contributed by atoms with Crippen LogP contribution in [0.1, 0.15) is 0 Å². The van der Waals surface area contributed by atoms with Crippen molar-refractivity contribution in [1.82, 2.24) is 4.31 Å². The van der Waals surface area contributed by atoms with Gasteiger partial charge in [-0.25, -0.2) is 8.42 Å². The molecule has 0 saturated carbocycles. The molecule has 1 aromatic carbocycles. The highest BCUT2D eigenvalue weighted by Crippen LogP contribution is 2.12. The standard InChI is InChI=1S/C9H11NO2S/c1-3-10(2)13(11,12)9-7-5-4-6-8-9/h3-8H,1H2,2H3. The van der Waals surface area contributed by atoms with Crippen LogP contribution >= 0.6 is 0 Å². The van der Waals surface area contributed by atoms with E-state index in [9.17, 15) is 8.42 Å². The van der Waals surface area contributed by atoms with Gasteiger partial charge in [0.15, 0.2) is 0 Å². The molecule has 0 aliphatic carbocycles. The number of benzene rings is 1. The first-order valence-electron chi connectivity index (χ1n) is 3.74. The van der Waals surface area contributed by atoms with Crippen LogP contribution < -0.4 is 0 Å². The van der Waals surface area contributed by atoms with Gasteiger partial charge in [0.1, 0.15) is 0 Å². The van der Waals surface area contributed by atoms with Crippen molar-refractivity contribution < 1.29 is 8.42 Å². The van der Waals surface area contributed by atoms with Crippen LogP contribution in [0.2, 0.25) is 0 Å². The van der Waals surface area contributed by atoms with Gasteiger partial charge in [-0.15, -0.1) is 0 Å². The van der Waals surface area contributed by atoms with Gasteiger partial charge in [0, 0.05) is 13.2 Å². The van der Waals surface area contributed by atoms with Crippen LogP contribution in [-0.2, 0) is 10.0 Å². The summed E-state index contributed by atoms with van der Waals surface area (Å²) in [5.74, 6) is 0. The lowest BCUT2D eigenvalue weighted by Crippen LogP contribution is -2.20. The quantitative estimate of drug-likeness (QED) is 0.735. The summed E-state index contributed by atoms with van der Waals surface area (Å²) < 4.78 is 24.3. The molecule has 0 atom stereocenters.